The van der Waals surface area contributed by atoms with Crippen molar-refractivity contribution in [3.8, 4) is 0 Å². The van der Waals surface area contributed by atoms with Crippen LogP contribution in [0.2, 0.25) is 0 Å². The minimum absolute atomic E-state index is 1.00. The van der Waals surface area contributed by atoms with Crippen LogP contribution in [0.25, 0.3) is 0 Å². The molecule has 1 aliphatic rings. The van der Waals surface area contributed by atoms with Crippen molar-refractivity contribution in [2.45, 2.75) is 17.7 Å². The van der Waals surface area contributed by atoms with E-state index in [9.17, 15) is 4.79 Å². The average molecular weight is 201 g/mol. The predicted molar refractivity (Wildman–Crippen MR) is 43.2 cm³/mol. The van der Waals surface area contributed by atoms with E-state index in [0.717, 1.165) is 13.2 Å². The lowest BCUT2D eigenvalue weighted by molar-refractivity contribution is -0.135. The molecule has 5 heteroatoms. The number of carbonyl (C=O) groups is 1. The molecule has 0 unspecified atom stereocenters. The first-order valence-electron chi connectivity index (χ1n) is 3.23. The second kappa shape index (κ2) is 6.70. The van der Waals surface area contributed by atoms with E-state index in [1.54, 1.807) is 0 Å². The number of ether oxygens (including phenoxy) is 1. The van der Waals surface area contributed by atoms with E-state index >= 15 is 0 Å². The van der Waals surface area contributed by atoms with Gasteiger partial charge in [0.2, 0.25) is 4.84 Å². The first kappa shape index (κ1) is 11.0. The standard InChI is InChI=1S/C4H8O.C2H2Cl2O2/c1-2-4-5-3-1;3-1(4)2(5)6/h1-4H2;1H,(H,5,6). The Morgan fingerprint density at radius 1 is 1.36 bits per heavy atom. The molecule has 66 valence electrons. The number of hydrogen-bond acceptors (Lipinski definition) is 2. The second-order valence-electron chi connectivity index (χ2n) is 1.96. The van der Waals surface area contributed by atoms with Gasteiger partial charge in [-0.25, -0.2) is 4.79 Å². The van der Waals surface area contributed by atoms with Gasteiger partial charge in [0, 0.05) is 13.2 Å². The van der Waals surface area contributed by atoms with Gasteiger partial charge in [0.1, 0.15) is 0 Å². The van der Waals surface area contributed by atoms with Gasteiger partial charge in [-0.05, 0) is 12.8 Å². The second-order valence-corrected chi connectivity index (χ2v) is 3.05. The molecule has 3 nitrogen and oxygen atoms in total. The lowest BCUT2D eigenvalue weighted by atomic mass is 10.4. The highest BCUT2D eigenvalue weighted by Gasteiger charge is 2.05. The Bertz CT molecular complexity index is 105. The molecule has 0 aliphatic carbocycles. The van der Waals surface area contributed by atoms with Crippen LogP contribution in [0.5, 0.6) is 0 Å². The van der Waals surface area contributed by atoms with Gasteiger partial charge in [-0.2, -0.15) is 0 Å². The molecule has 1 rings (SSSR count). The minimum Gasteiger partial charge on any atom is -0.479 e. The molecular formula is C6H10Cl2O3. The quantitative estimate of drug-likeness (QED) is 0.656. The Balaban J connectivity index is 0.000000183. The topological polar surface area (TPSA) is 46.5 Å². The van der Waals surface area contributed by atoms with E-state index in [1.165, 1.54) is 12.8 Å². The van der Waals surface area contributed by atoms with Crippen LogP contribution in [0.4, 0.5) is 0 Å². The van der Waals surface area contributed by atoms with E-state index < -0.39 is 10.8 Å². The fraction of sp³-hybridized carbons (Fsp3) is 0.833. The van der Waals surface area contributed by atoms with Crippen molar-refractivity contribution >= 4 is 29.2 Å². The molecule has 1 fully saturated rings. The van der Waals surface area contributed by atoms with Crippen LogP contribution in [0, 0.1) is 0 Å². The minimum atomic E-state index is -1.29. The number of halogens is 2. The molecule has 1 N–H and O–H groups in total. The van der Waals surface area contributed by atoms with E-state index in [2.05, 4.69) is 0 Å². The van der Waals surface area contributed by atoms with E-state index in [4.69, 9.17) is 33.0 Å². The molecule has 0 aromatic rings. The van der Waals surface area contributed by atoms with Crippen molar-refractivity contribution < 1.29 is 14.6 Å². The van der Waals surface area contributed by atoms with E-state index in [0.29, 0.717) is 0 Å². The third kappa shape index (κ3) is 7.91. The maximum absolute atomic E-state index is 9.44. The molecule has 0 spiro atoms. The first-order valence-corrected chi connectivity index (χ1v) is 4.10. The summed E-state index contributed by atoms with van der Waals surface area (Å²) in [4.78, 5) is 8.15. The fourth-order valence-electron chi connectivity index (χ4n) is 0.510. The Labute approximate surface area is 75.2 Å². The van der Waals surface area contributed by atoms with Crippen molar-refractivity contribution in [2.24, 2.45) is 0 Å². The zero-order valence-electron chi connectivity index (χ0n) is 5.93. The van der Waals surface area contributed by atoms with Crippen molar-refractivity contribution in [3.63, 3.8) is 0 Å². The number of aliphatic carboxylic acids is 1. The molecular weight excluding hydrogens is 191 g/mol. The largest absolute Gasteiger partial charge is 0.479 e. The van der Waals surface area contributed by atoms with Crippen molar-refractivity contribution in [2.75, 3.05) is 13.2 Å². The first-order chi connectivity index (χ1) is 5.14. The maximum atomic E-state index is 9.44. The van der Waals surface area contributed by atoms with E-state index in [1.807, 2.05) is 0 Å². The molecule has 1 aliphatic heterocycles. The number of carboxylic acid groups (broad SMARTS) is 1. The molecule has 0 aromatic carbocycles. The van der Waals surface area contributed by atoms with Gasteiger partial charge in [-0.1, -0.05) is 23.2 Å². The third-order valence-electron chi connectivity index (χ3n) is 1.01. The van der Waals surface area contributed by atoms with Gasteiger partial charge >= 0.3 is 5.97 Å². The highest BCUT2D eigenvalue weighted by Crippen LogP contribution is 1.98. The van der Waals surface area contributed by atoms with Gasteiger partial charge in [-0.15, -0.1) is 0 Å². The van der Waals surface area contributed by atoms with Crippen LogP contribution in [0.1, 0.15) is 12.8 Å². The predicted octanol–water partition coefficient (Wildman–Crippen LogP) is 1.67. The zero-order chi connectivity index (χ0) is 8.69. The number of alkyl halides is 2. The van der Waals surface area contributed by atoms with Crippen LogP contribution in [-0.2, 0) is 9.53 Å². The number of hydrogen-bond donors (Lipinski definition) is 1. The highest BCUT2D eigenvalue weighted by molar-refractivity contribution is 6.52. The highest BCUT2D eigenvalue weighted by atomic mass is 35.5. The molecule has 0 bridgehead atoms. The van der Waals surface area contributed by atoms with Gasteiger partial charge in [-0.3, -0.25) is 0 Å². The number of carboxylic acids is 1. The van der Waals surface area contributed by atoms with Crippen LogP contribution in [0.3, 0.4) is 0 Å². The Morgan fingerprint density at radius 2 is 1.73 bits per heavy atom. The normalized spacial score (nSPS) is 15.9. The van der Waals surface area contributed by atoms with Crippen molar-refractivity contribution in [1.82, 2.24) is 0 Å². The monoisotopic (exact) mass is 200 g/mol. The summed E-state index contributed by atoms with van der Waals surface area (Å²) in [5, 5.41) is 7.73. The zero-order valence-corrected chi connectivity index (χ0v) is 7.44. The van der Waals surface area contributed by atoms with Gasteiger partial charge in [0.25, 0.3) is 0 Å². The summed E-state index contributed by atoms with van der Waals surface area (Å²) in [7, 11) is 0. The van der Waals surface area contributed by atoms with Crippen molar-refractivity contribution in [3.05, 3.63) is 0 Å². The van der Waals surface area contributed by atoms with Gasteiger partial charge in [0.05, 0.1) is 0 Å². The van der Waals surface area contributed by atoms with Crippen LogP contribution >= 0.6 is 23.2 Å². The Hall–Kier alpha value is 0.01000. The summed E-state index contributed by atoms with van der Waals surface area (Å²) in [6.45, 7) is 2.00. The Morgan fingerprint density at radius 3 is 1.82 bits per heavy atom. The van der Waals surface area contributed by atoms with Gasteiger partial charge < -0.3 is 9.84 Å². The van der Waals surface area contributed by atoms with Crippen LogP contribution in [-0.4, -0.2) is 29.1 Å². The molecule has 1 heterocycles. The smallest absolute Gasteiger partial charge is 0.337 e. The summed E-state index contributed by atoms with van der Waals surface area (Å²) in [5.41, 5.74) is 0. The molecule has 0 amide bonds. The molecule has 0 saturated carbocycles. The molecule has 0 aromatic heterocycles. The summed E-state index contributed by atoms with van der Waals surface area (Å²) >= 11 is 9.56. The summed E-state index contributed by atoms with van der Waals surface area (Å²) in [6, 6.07) is 0. The molecule has 0 radical (unpaired) electrons. The fourth-order valence-corrected chi connectivity index (χ4v) is 0.510. The maximum Gasteiger partial charge on any atom is 0.337 e. The summed E-state index contributed by atoms with van der Waals surface area (Å²) in [6.07, 6.45) is 2.56. The Kier molecular flexibility index (Phi) is 6.71. The van der Waals surface area contributed by atoms with Crippen LogP contribution in [0.15, 0.2) is 0 Å². The SMILES string of the molecule is C1CCOC1.O=C(O)C(Cl)Cl. The lowest BCUT2D eigenvalue weighted by Crippen LogP contribution is -2.03. The summed E-state index contributed by atoms with van der Waals surface area (Å²) in [5.74, 6) is -1.21. The molecule has 0 atom stereocenters. The van der Waals surface area contributed by atoms with Crippen LogP contribution < -0.4 is 0 Å². The third-order valence-corrected chi connectivity index (χ3v) is 1.39. The van der Waals surface area contributed by atoms with Gasteiger partial charge in [0.15, 0.2) is 0 Å². The average Bonchev–Trinajstić information content (AvgIpc) is 2.41. The summed E-state index contributed by atoms with van der Waals surface area (Å²) < 4.78 is 4.94. The van der Waals surface area contributed by atoms with E-state index in [-0.39, 0.29) is 0 Å². The molecule has 11 heavy (non-hydrogen) atoms. The number of rotatable bonds is 1. The molecule has 1 saturated heterocycles. The van der Waals surface area contributed by atoms with Crippen molar-refractivity contribution in [1.29, 1.82) is 0 Å². The lowest BCUT2D eigenvalue weighted by Gasteiger charge is -1.84.